The molecule has 0 aliphatic heterocycles. The van der Waals surface area contributed by atoms with Crippen LogP contribution in [0.5, 0.6) is 0 Å². The maximum atomic E-state index is 5.82. The van der Waals surface area contributed by atoms with Crippen LogP contribution in [-0.4, -0.2) is 6.54 Å². The Kier molecular flexibility index (Phi) is 3.43. The van der Waals surface area contributed by atoms with Crippen LogP contribution in [0.4, 0.5) is 5.69 Å². The molecule has 2 nitrogen and oxygen atoms in total. The van der Waals surface area contributed by atoms with E-state index in [2.05, 4.69) is 38.2 Å². The zero-order valence-corrected chi connectivity index (χ0v) is 11.2. The van der Waals surface area contributed by atoms with Gasteiger partial charge in [-0.05, 0) is 47.9 Å². The third-order valence-electron chi connectivity index (χ3n) is 4.03. The first-order chi connectivity index (χ1) is 8.02. The molecule has 0 saturated carbocycles. The zero-order chi connectivity index (χ0) is 12.5. The Morgan fingerprint density at radius 3 is 2.88 bits per heavy atom. The maximum absolute atomic E-state index is 5.82. The molecule has 0 saturated heterocycles. The van der Waals surface area contributed by atoms with Gasteiger partial charge in [0.2, 0.25) is 0 Å². The van der Waals surface area contributed by atoms with Crippen molar-refractivity contribution in [2.45, 2.75) is 46.1 Å². The van der Waals surface area contributed by atoms with E-state index in [0.717, 1.165) is 18.7 Å². The number of aryl methyl sites for hydroxylation is 1. The second-order valence-electron chi connectivity index (χ2n) is 5.95. The predicted octanol–water partition coefficient (Wildman–Crippen LogP) is 3.28. The number of anilines is 1. The van der Waals surface area contributed by atoms with Crippen LogP contribution < -0.4 is 11.1 Å². The highest BCUT2D eigenvalue weighted by atomic mass is 14.9. The second kappa shape index (κ2) is 4.69. The van der Waals surface area contributed by atoms with E-state index in [1.165, 1.54) is 24.0 Å². The van der Waals surface area contributed by atoms with Gasteiger partial charge in [-0.15, -0.1) is 0 Å². The van der Waals surface area contributed by atoms with Gasteiger partial charge in [-0.3, -0.25) is 0 Å². The Bertz CT molecular complexity index is 396. The minimum Gasteiger partial charge on any atom is -0.399 e. The van der Waals surface area contributed by atoms with Gasteiger partial charge in [-0.1, -0.05) is 26.8 Å². The summed E-state index contributed by atoms with van der Waals surface area (Å²) in [6.45, 7) is 7.97. The average molecular weight is 232 g/mol. The van der Waals surface area contributed by atoms with Crippen molar-refractivity contribution in [3.8, 4) is 0 Å². The molecule has 0 heterocycles. The van der Waals surface area contributed by atoms with Crippen molar-refractivity contribution in [3.63, 3.8) is 0 Å². The molecule has 0 fully saturated rings. The van der Waals surface area contributed by atoms with Crippen LogP contribution in [0.2, 0.25) is 0 Å². The second-order valence-corrected chi connectivity index (χ2v) is 5.95. The van der Waals surface area contributed by atoms with Crippen molar-refractivity contribution in [1.82, 2.24) is 5.32 Å². The minimum absolute atomic E-state index is 0.385. The van der Waals surface area contributed by atoms with Crippen molar-refractivity contribution in [2.24, 2.45) is 5.41 Å². The van der Waals surface area contributed by atoms with Gasteiger partial charge in [-0.25, -0.2) is 0 Å². The van der Waals surface area contributed by atoms with Crippen LogP contribution in [0.1, 0.15) is 50.8 Å². The van der Waals surface area contributed by atoms with Crippen LogP contribution in [0.25, 0.3) is 0 Å². The molecule has 3 N–H and O–H groups in total. The first-order valence-electron chi connectivity index (χ1n) is 6.63. The molecular formula is C15H24N2. The van der Waals surface area contributed by atoms with Gasteiger partial charge < -0.3 is 11.1 Å². The Labute approximate surface area is 105 Å². The summed E-state index contributed by atoms with van der Waals surface area (Å²) < 4.78 is 0. The van der Waals surface area contributed by atoms with Gasteiger partial charge >= 0.3 is 0 Å². The zero-order valence-electron chi connectivity index (χ0n) is 11.2. The smallest absolute Gasteiger partial charge is 0.0326 e. The third-order valence-corrected chi connectivity index (χ3v) is 4.03. The highest BCUT2D eigenvalue weighted by Gasteiger charge is 2.24. The molecule has 1 atom stereocenters. The summed E-state index contributed by atoms with van der Waals surface area (Å²) in [6, 6.07) is 6.86. The van der Waals surface area contributed by atoms with Crippen molar-refractivity contribution in [3.05, 3.63) is 29.3 Å². The minimum atomic E-state index is 0.385. The molecule has 1 unspecified atom stereocenters. The average Bonchev–Trinajstić information content (AvgIpc) is 2.69. The molecule has 1 aromatic carbocycles. The molecule has 1 aliphatic rings. The lowest BCUT2D eigenvalue weighted by Crippen LogP contribution is -2.31. The molecule has 0 radical (unpaired) electrons. The van der Waals surface area contributed by atoms with Crippen molar-refractivity contribution in [2.75, 3.05) is 12.3 Å². The normalized spacial score (nSPS) is 19.4. The lowest BCUT2D eigenvalue weighted by Gasteiger charge is -2.26. The Hall–Kier alpha value is -1.02. The molecule has 0 bridgehead atoms. The van der Waals surface area contributed by atoms with Crippen LogP contribution in [0, 0.1) is 5.41 Å². The molecule has 17 heavy (non-hydrogen) atoms. The largest absolute Gasteiger partial charge is 0.399 e. The van der Waals surface area contributed by atoms with E-state index >= 15 is 0 Å². The molecular weight excluding hydrogens is 208 g/mol. The predicted molar refractivity (Wildman–Crippen MR) is 74.0 cm³/mol. The van der Waals surface area contributed by atoms with E-state index in [1.807, 2.05) is 6.07 Å². The molecule has 0 amide bonds. The first kappa shape index (κ1) is 12.4. The quantitative estimate of drug-likeness (QED) is 0.782. The van der Waals surface area contributed by atoms with Crippen molar-refractivity contribution in [1.29, 1.82) is 0 Å². The summed E-state index contributed by atoms with van der Waals surface area (Å²) >= 11 is 0. The molecule has 1 aliphatic carbocycles. The van der Waals surface area contributed by atoms with Crippen molar-refractivity contribution < 1.29 is 0 Å². The van der Waals surface area contributed by atoms with Crippen molar-refractivity contribution >= 4 is 5.69 Å². The topological polar surface area (TPSA) is 38.0 Å². The Morgan fingerprint density at radius 1 is 1.41 bits per heavy atom. The van der Waals surface area contributed by atoms with E-state index in [4.69, 9.17) is 5.73 Å². The van der Waals surface area contributed by atoms with Gasteiger partial charge in [0.05, 0.1) is 0 Å². The van der Waals surface area contributed by atoms with Gasteiger partial charge in [0.15, 0.2) is 0 Å². The number of rotatable bonds is 4. The molecule has 94 valence electrons. The lowest BCUT2D eigenvalue weighted by atomic mass is 9.90. The lowest BCUT2D eigenvalue weighted by molar-refractivity contribution is 0.309. The fraction of sp³-hybridized carbons (Fsp3) is 0.600. The third kappa shape index (κ3) is 2.81. The summed E-state index contributed by atoms with van der Waals surface area (Å²) in [4.78, 5) is 0. The number of hydrogen-bond donors (Lipinski definition) is 2. The van der Waals surface area contributed by atoms with E-state index < -0.39 is 0 Å². The number of benzene rings is 1. The van der Waals surface area contributed by atoms with Crippen LogP contribution in [0.3, 0.4) is 0 Å². The van der Waals surface area contributed by atoms with E-state index in [0.29, 0.717) is 11.5 Å². The molecule has 2 heteroatoms. The highest BCUT2D eigenvalue weighted by molar-refractivity contribution is 5.47. The van der Waals surface area contributed by atoms with Gasteiger partial charge in [0, 0.05) is 18.3 Å². The number of nitrogens with one attached hydrogen (secondary N) is 1. The summed E-state index contributed by atoms with van der Waals surface area (Å²) in [5.41, 5.74) is 9.97. The monoisotopic (exact) mass is 232 g/mol. The van der Waals surface area contributed by atoms with Crippen LogP contribution >= 0.6 is 0 Å². The number of fused-ring (bicyclic) bond motifs is 1. The fourth-order valence-electron chi connectivity index (χ4n) is 2.37. The summed E-state index contributed by atoms with van der Waals surface area (Å²) in [5, 5.41) is 3.71. The van der Waals surface area contributed by atoms with Gasteiger partial charge in [-0.2, -0.15) is 0 Å². The molecule has 0 aromatic heterocycles. The number of hydrogen-bond acceptors (Lipinski definition) is 2. The van der Waals surface area contributed by atoms with Gasteiger partial charge in [0.25, 0.3) is 0 Å². The van der Waals surface area contributed by atoms with E-state index in [9.17, 15) is 0 Å². The molecule has 0 spiro atoms. The van der Waals surface area contributed by atoms with Crippen LogP contribution in [-0.2, 0) is 6.42 Å². The summed E-state index contributed by atoms with van der Waals surface area (Å²) in [5.74, 6) is 0. The fourth-order valence-corrected chi connectivity index (χ4v) is 2.37. The molecule has 2 rings (SSSR count). The number of nitrogen functional groups attached to an aromatic ring is 1. The Balaban J connectivity index is 2.03. The highest BCUT2D eigenvalue weighted by Crippen LogP contribution is 2.33. The van der Waals surface area contributed by atoms with Gasteiger partial charge in [0.1, 0.15) is 0 Å². The summed E-state index contributed by atoms with van der Waals surface area (Å²) in [7, 11) is 0. The molecule has 1 aromatic rings. The van der Waals surface area contributed by atoms with E-state index in [-0.39, 0.29) is 0 Å². The standard InChI is InChI=1S/C15H24N2/c1-4-15(2,3)10-17-14-8-5-11-9-12(16)6-7-13(11)14/h6-7,9,14,17H,4-5,8,10,16H2,1-3H3. The maximum Gasteiger partial charge on any atom is 0.0326 e. The Morgan fingerprint density at radius 2 is 2.18 bits per heavy atom. The summed E-state index contributed by atoms with van der Waals surface area (Å²) in [6.07, 6.45) is 3.57. The van der Waals surface area contributed by atoms with Crippen LogP contribution in [0.15, 0.2) is 18.2 Å². The van der Waals surface area contributed by atoms with E-state index in [1.54, 1.807) is 0 Å². The SMILES string of the molecule is CCC(C)(C)CNC1CCc2cc(N)ccc21. The first-order valence-corrected chi connectivity index (χ1v) is 6.63. The number of nitrogens with two attached hydrogens (primary N) is 1.